The van der Waals surface area contributed by atoms with Crippen LogP contribution in [0.25, 0.3) is 0 Å². The van der Waals surface area contributed by atoms with Gasteiger partial charge >= 0.3 is 5.97 Å². The van der Waals surface area contributed by atoms with Crippen molar-refractivity contribution in [1.29, 1.82) is 5.26 Å². The van der Waals surface area contributed by atoms with Crippen molar-refractivity contribution in [3.63, 3.8) is 0 Å². The van der Waals surface area contributed by atoms with Crippen LogP contribution in [0, 0.1) is 11.3 Å². The average molecular weight is 245 g/mol. The van der Waals surface area contributed by atoms with E-state index in [-0.39, 0.29) is 19.0 Å². The van der Waals surface area contributed by atoms with Gasteiger partial charge in [0.2, 0.25) is 5.91 Å². The van der Waals surface area contributed by atoms with Gasteiger partial charge < -0.3 is 15.3 Å². The second kappa shape index (κ2) is 4.75. The lowest BCUT2D eigenvalue weighted by Crippen LogP contribution is -2.57. The second-order valence-corrected chi connectivity index (χ2v) is 4.00. The zero-order valence-electron chi connectivity index (χ0n) is 9.46. The molecule has 2 rings (SSSR count). The molecule has 0 radical (unpaired) electrons. The number of rotatable bonds is 2. The summed E-state index contributed by atoms with van der Waals surface area (Å²) < 4.78 is 0. The maximum atomic E-state index is 11.4. The third-order valence-corrected chi connectivity index (χ3v) is 2.71. The minimum Gasteiger partial charge on any atom is -0.480 e. The van der Waals surface area contributed by atoms with Gasteiger partial charge in [-0.1, -0.05) is 6.07 Å². The summed E-state index contributed by atoms with van der Waals surface area (Å²) >= 11 is 0. The highest BCUT2D eigenvalue weighted by Crippen LogP contribution is 2.17. The smallest absolute Gasteiger partial charge is 0.328 e. The van der Waals surface area contributed by atoms with E-state index in [4.69, 9.17) is 10.4 Å². The number of aliphatic carboxylic acids is 1. The maximum Gasteiger partial charge on any atom is 0.328 e. The predicted molar refractivity (Wildman–Crippen MR) is 62.9 cm³/mol. The molecular formula is C12H11N3O3. The Hall–Kier alpha value is -2.55. The van der Waals surface area contributed by atoms with E-state index in [2.05, 4.69) is 5.32 Å². The maximum absolute atomic E-state index is 11.4. The number of carbonyl (C=O) groups excluding carboxylic acids is 1. The summed E-state index contributed by atoms with van der Waals surface area (Å²) in [5.41, 5.74) is 1.15. The Kier molecular flexibility index (Phi) is 3.15. The monoisotopic (exact) mass is 245 g/mol. The van der Waals surface area contributed by atoms with Gasteiger partial charge in [0.1, 0.15) is 6.04 Å². The number of hydrogen-bond donors (Lipinski definition) is 2. The van der Waals surface area contributed by atoms with Crippen molar-refractivity contribution in [2.24, 2.45) is 0 Å². The topological polar surface area (TPSA) is 93.4 Å². The number of nitriles is 1. The van der Waals surface area contributed by atoms with Crippen LogP contribution >= 0.6 is 0 Å². The number of hydrogen-bond acceptors (Lipinski definition) is 4. The second-order valence-electron chi connectivity index (χ2n) is 4.00. The lowest BCUT2D eigenvalue weighted by molar-refractivity contribution is -0.142. The van der Waals surface area contributed by atoms with Crippen LogP contribution in [0.3, 0.4) is 0 Å². The molecule has 0 bridgehead atoms. The first kappa shape index (κ1) is 11.9. The normalized spacial score (nSPS) is 18.9. The first-order chi connectivity index (χ1) is 8.60. The van der Waals surface area contributed by atoms with E-state index in [0.29, 0.717) is 11.3 Å². The first-order valence-corrected chi connectivity index (χ1v) is 5.37. The standard InChI is InChI=1S/C12H11N3O3/c13-5-8-2-1-3-9(4-8)15-6-10(12(17)18)14-11(16)7-15/h1-4,10H,6-7H2,(H,14,16)(H,17,18). The summed E-state index contributed by atoms with van der Waals surface area (Å²) in [5, 5.41) is 20.1. The van der Waals surface area contributed by atoms with Gasteiger partial charge in [-0.3, -0.25) is 4.79 Å². The number of carboxylic acids is 1. The van der Waals surface area contributed by atoms with Crippen LogP contribution in [-0.4, -0.2) is 36.1 Å². The Labute approximate surface area is 103 Å². The van der Waals surface area contributed by atoms with E-state index in [1.54, 1.807) is 29.2 Å². The zero-order valence-corrected chi connectivity index (χ0v) is 9.46. The van der Waals surface area contributed by atoms with E-state index in [1.807, 2.05) is 6.07 Å². The molecule has 1 aromatic carbocycles. The van der Waals surface area contributed by atoms with E-state index >= 15 is 0 Å². The Bertz CT molecular complexity index is 536. The molecule has 1 heterocycles. The number of nitrogens with one attached hydrogen (secondary N) is 1. The van der Waals surface area contributed by atoms with Gasteiger partial charge in [-0.25, -0.2) is 4.79 Å². The van der Waals surface area contributed by atoms with Crippen LogP contribution in [0.15, 0.2) is 24.3 Å². The number of carboxylic acid groups (broad SMARTS) is 1. The quantitative estimate of drug-likeness (QED) is 0.761. The fraction of sp³-hybridized carbons (Fsp3) is 0.250. The van der Waals surface area contributed by atoms with Gasteiger partial charge in [0.05, 0.1) is 18.2 Å². The van der Waals surface area contributed by atoms with Crippen LogP contribution < -0.4 is 10.2 Å². The highest BCUT2D eigenvalue weighted by Gasteiger charge is 2.29. The Morgan fingerprint density at radius 1 is 1.56 bits per heavy atom. The molecule has 0 spiro atoms. The highest BCUT2D eigenvalue weighted by atomic mass is 16.4. The molecule has 18 heavy (non-hydrogen) atoms. The molecule has 92 valence electrons. The van der Waals surface area contributed by atoms with E-state index in [1.165, 1.54) is 0 Å². The largest absolute Gasteiger partial charge is 0.480 e. The predicted octanol–water partition coefficient (Wildman–Crippen LogP) is -0.0523. The summed E-state index contributed by atoms with van der Waals surface area (Å²) in [6, 6.07) is 7.83. The molecule has 0 aromatic heterocycles. The molecule has 1 saturated heterocycles. The van der Waals surface area contributed by atoms with Crippen LogP contribution in [0.4, 0.5) is 5.69 Å². The summed E-state index contributed by atoms with van der Waals surface area (Å²) in [6.45, 7) is 0.286. The summed E-state index contributed by atoms with van der Waals surface area (Å²) in [5.74, 6) is -1.40. The minimum atomic E-state index is -1.07. The van der Waals surface area contributed by atoms with Crippen LogP contribution in [0.5, 0.6) is 0 Å². The SMILES string of the molecule is N#Cc1cccc(N2CC(=O)NC(C(=O)O)C2)c1. The Morgan fingerprint density at radius 2 is 2.33 bits per heavy atom. The van der Waals surface area contributed by atoms with Crippen LogP contribution in [0.1, 0.15) is 5.56 Å². The van der Waals surface area contributed by atoms with Gasteiger partial charge in [0, 0.05) is 12.2 Å². The molecule has 1 aliphatic heterocycles. The van der Waals surface area contributed by atoms with Gasteiger partial charge in [-0.2, -0.15) is 5.26 Å². The number of benzene rings is 1. The first-order valence-electron chi connectivity index (χ1n) is 5.37. The third kappa shape index (κ3) is 2.40. The Balaban J connectivity index is 2.24. The molecule has 1 unspecified atom stereocenters. The fourth-order valence-corrected chi connectivity index (χ4v) is 1.85. The van der Waals surface area contributed by atoms with Crippen molar-refractivity contribution in [3.05, 3.63) is 29.8 Å². The number of anilines is 1. The number of amides is 1. The van der Waals surface area contributed by atoms with Crippen LogP contribution in [0.2, 0.25) is 0 Å². The third-order valence-electron chi connectivity index (χ3n) is 2.71. The molecule has 1 amide bonds. The molecule has 0 saturated carbocycles. The molecule has 1 aromatic rings. The molecular weight excluding hydrogens is 234 g/mol. The molecule has 6 nitrogen and oxygen atoms in total. The van der Waals surface area contributed by atoms with Crippen molar-refractivity contribution in [2.75, 3.05) is 18.0 Å². The fourth-order valence-electron chi connectivity index (χ4n) is 1.85. The molecule has 6 heteroatoms. The lowest BCUT2D eigenvalue weighted by Gasteiger charge is -2.32. The van der Waals surface area contributed by atoms with Crippen molar-refractivity contribution in [2.45, 2.75) is 6.04 Å². The van der Waals surface area contributed by atoms with Crippen molar-refractivity contribution in [3.8, 4) is 6.07 Å². The van der Waals surface area contributed by atoms with E-state index in [0.717, 1.165) is 0 Å². The van der Waals surface area contributed by atoms with Gasteiger partial charge in [-0.05, 0) is 18.2 Å². The van der Waals surface area contributed by atoms with Crippen molar-refractivity contribution >= 4 is 17.6 Å². The number of nitrogens with zero attached hydrogens (tertiary/aromatic N) is 2. The molecule has 0 aliphatic carbocycles. The molecule has 1 atom stereocenters. The van der Waals surface area contributed by atoms with Gasteiger partial charge in [0.25, 0.3) is 0 Å². The lowest BCUT2D eigenvalue weighted by atomic mass is 10.1. The summed E-state index contributed by atoms with van der Waals surface area (Å²) in [6.07, 6.45) is 0. The van der Waals surface area contributed by atoms with Crippen LogP contribution in [-0.2, 0) is 9.59 Å². The van der Waals surface area contributed by atoms with Gasteiger partial charge in [0.15, 0.2) is 0 Å². The zero-order chi connectivity index (χ0) is 13.1. The number of carbonyl (C=O) groups is 2. The van der Waals surface area contributed by atoms with Gasteiger partial charge in [-0.15, -0.1) is 0 Å². The van der Waals surface area contributed by atoms with Crippen molar-refractivity contribution in [1.82, 2.24) is 5.32 Å². The average Bonchev–Trinajstić information content (AvgIpc) is 2.38. The summed E-state index contributed by atoms with van der Waals surface area (Å²) in [4.78, 5) is 24.0. The Morgan fingerprint density at radius 3 is 3.00 bits per heavy atom. The van der Waals surface area contributed by atoms with Crippen molar-refractivity contribution < 1.29 is 14.7 Å². The molecule has 2 N–H and O–H groups in total. The molecule has 1 aliphatic rings. The highest BCUT2D eigenvalue weighted by molar-refractivity contribution is 5.89. The number of piperazine rings is 1. The van der Waals surface area contributed by atoms with E-state index < -0.39 is 12.0 Å². The molecule has 1 fully saturated rings. The minimum absolute atomic E-state index is 0.0959. The van der Waals surface area contributed by atoms with E-state index in [9.17, 15) is 9.59 Å². The summed E-state index contributed by atoms with van der Waals surface area (Å²) in [7, 11) is 0.